The lowest BCUT2D eigenvalue weighted by atomic mass is 10.1. The fourth-order valence-electron chi connectivity index (χ4n) is 2.40. The number of carbonyl (C=O) groups excluding carboxylic acids is 1. The van der Waals surface area contributed by atoms with Crippen molar-refractivity contribution in [3.63, 3.8) is 0 Å². The Bertz CT molecular complexity index is 566. The third-order valence-electron chi connectivity index (χ3n) is 3.45. The van der Waals surface area contributed by atoms with Crippen LogP contribution in [0.4, 0.5) is 8.78 Å². The van der Waals surface area contributed by atoms with E-state index in [0.29, 0.717) is 0 Å². The van der Waals surface area contributed by atoms with Crippen LogP contribution in [0, 0.1) is 0 Å². The number of carboxylic acids is 1. The van der Waals surface area contributed by atoms with Crippen molar-refractivity contribution in [2.24, 2.45) is 0 Å². The van der Waals surface area contributed by atoms with Crippen LogP contribution in [-0.4, -0.2) is 54.3 Å². The van der Waals surface area contributed by atoms with Crippen LogP contribution in [0.3, 0.4) is 0 Å². The van der Waals surface area contributed by atoms with Gasteiger partial charge in [-0.2, -0.15) is 8.78 Å². The summed E-state index contributed by atoms with van der Waals surface area (Å²) >= 11 is 0. The number of halogens is 2. The van der Waals surface area contributed by atoms with Gasteiger partial charge in [-0.3, -0.25) is 4.79 Å². The molecule has 1 aromatic rings. The van der Waals surface area contributed by atoms with Crippen molar-refractivity contribution in [3.8, 4) is 5.75 Å². The smallest absolute Gasteiger partial charge is 0.387 e. The van der Waals surface area contributed by atoms with E-state index in [2.05, 4.69) is 4.74 Å². The normalized spacial score (nSPS) is 21.2. The van der Waals surface area contributed by atoms with Gasteiger partial charge in [0.15, 0.2) is 0 Å². The standard InChI is InChI=1S/C14H15F2NO5/c1-21-10-6-11(13(19)20)17(7-10)12(18)8-3-2-4-9(5-8)22-14(15)16/h2-5,10-11,14H,6-7H2,1H3,(H,19,20). The molecule has 22 heavy (non-hydrogen) atoms. The number of hydrogen-bond donors (Lipinski definition) is 1. The van der Waals surface area contributed by atoms with Gasteiger partial charge in [-0.05, 0) is 18.2 Å². The Hall–Kier alpha value is -2.22. The predicted molar refractivity (Wildman–Crippen MR) is 70.9 cm³/mol. The van der Waals surface area contributed by atoms with Crippen LogP contribution < -0.4 is 4.74 Å². The quantitative estimate of drug-likeness (QED) is 0.893. The van der Waals surface area contributed by atoms with Crippen molar-refractivity contribution in [3.05, 3.63) is 29.8 Å². The van der Waals surface area contributed by atoms with Gasteiger partial charge in [0.2, 0.25) is 0 Å². The van der Waals surface area contributed by atoms with Crippen LogP contribution in [0.1, 0.15) is 16.8 Å². The Balaban J connectivity index is 2.21. The summed E-state index contributed by atoms with van der Waals surface area (Å²) in [6.07, 6.45) is -0.185. The van der Waals surface area contributed by atoms with Gasteiger partial charge in [0.25, 0.3) is 5.91 Å². The van der Waals surface area contributed by atoms with E-state index in [0.717, 1.165) is 11.0 Å². The number of alkyl halides is 2. The largest absolute Gasteiger partial charge is 0.480 e. The maximum Gasteiger partial charge on any atom is 0.387 e. The first-order valence-corrected chi connectivity index (χ1v) is 6.53. The Morgan fingerprint density at radius 3 is 2.73 bits per heavy atom. The highest BCUT2D eigenvalue weighted by atomic mass is 19.3. The van der Waals surface area contributed by atoms with Gasteiger partial charge >= 0.3 is 12.6 Å². The highest BCUT2D eigenvalue weighted by Crippen LogP contribution is 2.24. The number of rotatable bonds is 5. The van der Waals surface area contributed by atoms with Gasteiger partial charge in [0.05, 0.1) is 6.10 Å². The first-order valence-electron chi connectivity index (χ1n) is 6.53. The van der Waals surface area contributed by atoms with Crippen LogP contribution in [0.25, 0.3) is 0 Å². The number of ether oxygens (including phenoxy) is 2. The zero-order chi connectivity index (χ0) is 16.3. The molecule has 1 fully saturated rings. The number of hydrogen-bond acceptors (Lipinski definition) is 4. The van der Waals surface area contributed by atoms with Crippen LogP contribution in [0.15, 0.2) is 24.3 Å². The molecule has 8 heteroatoms. The van der Waals surface area contributed by atoms with E-state index in [1.807, 2.05) is 0 Å². The van der Waals surface area contributed by atoms with E-state index in [4.69, 9.17) is 4.74 Å². The van der Waals surface area contributed by atoms with Gasteiger partial charge in [0.1, 0.15) is 11.8 Å². The zero-order valence-corrected chi connectivity index (χ0v) is 11.7. The first-order chi connectivity index (χ1) is 10.4. The molecule has 0 saturated carbocycles. The Morgan fingerprint density at radius 2 is 2.14 bits per heavy atom. The lowest BCUT2D eigenvalue weighted by Crippen LogP contribution is -2.40. The minimum absolute atomic E-state index is 0.0844. The third-order valence-corrected chi connectivity index (χ3v) is 3.45. The number of methoxy groups -OCH3 is 1. The fourth-order valence-corrected chi connectivity index (χ4v) is 2.40. The van der Waals surface area contributed by atoms with Crippen molar-refractivity contribution in [2.75, 3.05) is 13.7 Å². The van der Waals surface area contributed by atoms with Gasteiger partial charge in [-0.25, -0.2) is 4.79 Å². The molecule has 1 amide bonds. The van der Waals surface area contributed by atoms with E-state index >= 15 is 0 Å². The van der Waals surface area contributed by atoms with Gasteiger partial charge < -0.3 is 19.5 Å². The lowest BCUT2D eigenvalue weighted by Gasteiger charge is -2.21. The number of benzene rings is 1. The minimum Gasteiger partial charge on any atom is -0.480 e. The van der Waals surface area contributed by atoms with Crippen molar-refractivity contribution < 1.29 is 33.0 Å². The summed E-state index contributed by atoms with van der Waals surface area (Å²) in [5.41, 5.74) is 0.0844. The second-order valence-electron chi connectivity index (χ2n) is 4.81. The summed E-state index contributed by atoms with van der Waals surface area (Å²) in [6, 6.07) is 4.26. The van der Waals surface area contributed by atoms with E-state index in [1.54, 1.807) is 0 Å². The van der Waals surface area contributed by atoms with E-state index < -0.39 is 24.5 Å². The van der Waals surface area contributed by atoms with Crippen LogP contribution in [0.5, 0.6) is 5.75 Å². The molecule has 2 unspecified atom stereocenters. The molecule has 1 N–H and O–H groups in total. The number of aliphatic carboxylic acids is 1. The summed E-state index contributed by atoms with van der Waals surface area (Å²) in [6.45, 7) is -2.87. The molecular formula is C14H15F2NO5. The molecule has 2 rings (SSSR count). The number of nitrogens with zero attached hydrogens (tertiary/aromatic N) is 1. The monoisotopic (exact) mass is 315 g/mol. The third kappa shape index (κ3) is 3.51. The Kier molecular flexibility index (Phi) is 4.92. The molecule has 2 atom stereocenters. The fraction of sp³-hybridized carbons (Fsp3) is 0.429. The van der Waals surface area contributed by atoms with Crippen molar-refractivity contribution in [2.45, 2.75) is 25.2 Å². The summed E-state index contributed by atoms with van der Waals surface area (Å²) in [4.78, 5) is 24.8. The molecule has 0 aliphatic carbocycles. The van der Waals surface area contributed by atoms with E-state index in [1.165, 1.54) is 25.3 Å². The molecule has 0 spiro atoms. The van der Waals surface area contributed by atoms with E-state index in [9.17, 15) is 23.5 Å². The molecule has 120 valence electrons. The molecule has 1 heterocycles. The molecule has 1 aliphatic heterocycles. The lowest BCUT2D eigenvalue weighted by molar-refractivity contribution is -0.141. The second-order valence-corrected chi connectivity index (χ2v) is 4.81. The van der Waals surface area contributed by atoms with Crippen LogP contribution in [-0.2, 0) is 9.53 Å². The summed E-state index contributed by atoms with van der Waals surface area (Å²) in [7, 11) is 1.44. The SMILES string of the molecule is COC1CC(C(=O)O)N(C(=O)c2cccc(OC(F)F)c2)C1. The van der Waals surface area contributed by atoms with Gasteiger partial charge in [-0.15, -0.1) is 0 Å². The number of carbonyl (C=O) groups is 2. The summed E-state index contributed by atoms with van der Waals surface area (Å²) in [5, 5.41) is 9.19. The molecule has 0 radical (unpaired) electrons. The Labute approximate surface area is 125 Å². The number of carboxylic acid groups (broad SMARTS) is 1. The highest BCUT2D eigenvalue weighted by molar-refractivity contribution is 5.97. The molecule has 0 aromatic heterocycles. The molecular weight excluding hydrogens is 300 g/mol. The van der Waals surface area contributed by atoms with Crippen molar-refractivity contribution in [1.29, 1.82) is 0 Å². The van der Waals surface area contributed by atoms with Crippen molar-refractivity contribution in [1.82, 2.24) is 4.90 Å². The highest BCUT2D eigenvalue weighted by Gasteiger charge is 2.40. The first kappa shape index (κ1) is 16.2. The van der Waals surface area contributed by atoms with Gasteiger partial charge in [0, 0.05) is 25.6 Å². The topological polar surface area (TPSA) is 76.1 Å². The van der Waals surface area contributed by atoms with Crippen LogP contribution >= 0.6 is 0 Å². The second kappa shape index (κ2) is 6.69. The summed E-state index contributed by atoms with van der Waals surface area (Å²) < 4.78 is 33.8. The summed E-state index contributed by atoms with van der Waals surface area (Å²) in [5.74, 6) is -1.85. The maximum atomic E-state index is 12.4. The molecule has 1 aliphatic rings. The molecule has 1 aromatic carbocycles. The Morgan fingerprint density at radius 1 is 1.41 bits per heavy atom. The van der Waals surface area contributed by atoms with Crippen molar-refractivity contribution >= 4 is 11.9 Å². The average Bonchev–Trinajstić information content (AvgIpc) is 2.90. The maximum absolute atomic E-state index is 12.4. The predicted octanol–water partition coefficient (Wildman–Crippen LogP) is 1.60. The van der Waals surface area contributed by atoms with Gasteiger partial charge in [-0.1, -0.05) is 6.07 Å². The van der Waals surface area contributed by atoms with E-state index in [-0.39, 0.29) is 30.4 Å². The zero-order valence-electron chi connectivity index (χ0n) is 11.7. The number of amides is 1. The minimum atomic E-state index is -3.00. The average molecular weight is 315 g/mol. The molecule has 1 saturated heterocycles. The number of likely N-dealkylation sites (tertiary alicyclic amines) is 1. The molecule has 6 nitrogen and oxygen atoms in total. The molecule has 0 bridgehead atoms. The van der Waals surface area contributed by atoms with Crippen LogP contribution in [0.2, 0.25) is 0 Å².